The Balaban J connectivity index is 2.34. The summed E-state index contributed by atoms with van der Waals surface area (Å²) in [5.74, 6) is 0.168. The van der Waals surface area contributed by atoms with Gasteiger partial charge in [-0.25, -0.2) is 0 Å². The van der Waals surface area contributed by atoms with Crippen LogP contribution in [0.5, 0.6) is 0 Å². The van der Waals surface area contributed by atoms with Crippen LogP contribution in [0.1, 0.15) is 19.3 Å². The molecule has 80 valence electrons. The standard InChI is InChI=1S/C11H11BrClNO/c12-8-4-5-9(13)10(7-8)14-6-2-1-3-11(14)15/h4-5,7H,1-3,6H2. The molecule has 0 aliphatic carbocycles. The Morgan fingerprint density at radius 3 is 2.87 bits per heavy atom. The van der Waals surface area contributed by atoms with Crippen molar-refractivity contribution >= 4 is 39.1 Å². The largest absolute Gasteiger partial charge is 0.311 e. The van der Waals surface area contributed by atoms with E-state index < -0.39 is 0 Å². The van der Waals surface area contributed by atoms with E-state index in [9.17, 15) is 4.79 Å². The van der Waals surface area contributed by atoms with E-state index in [1.165, 1.54) is 0 Å². The first-order valence-electron chi connectivity index (χ1n) is 4.94. The van der Waals surface area contributed by atoms with Gasteiger partial charge >= 0.3 is 0 Å². The quantitative estimate of drug-likeness (QED) is 0.773. The highest BCUT2D eigenvalue weighted by atomic mass is 79.9. The average molecular weight is 289 g/mol. The van der Waals surface area contributed by atoms with Crippen molar-refractivity contribution in [3.05, 3.63) is 27.7 Å². The van der Waals surface area contributed by atoms with Crippen LogP contribution in [-0.2, 0) is 4.79 Å². The van der Waals surface area contributed by atoms with Gasteiger partial charge in [0.25, 0.3) is 0 Å². The summed E-state index contributed by atoms with van der Waals surface area (Å²) in [4.78, 5) is 13.5. The van der Waals surface area contributed by atoms with Gasteiger partial charge in [-0.2, -0.15) is 0 Å². The van der Waals surface area contributed by atoms with E-state index in [0.717, 1.165) is 29.5 Å². The molecule has 15 heavy (non-hydrogen) atoms. The van der Waals surface area contributed by atoms with Crippen LogP contribution in [0.25, 0.3) is 0 Å². The zero-order valence-corrected chi connectivity index (χ0v) is 10.5. The van der Waals surface area contributed by atoms with Crippen molar-refractivity contribution in [2.75, 3.05) is 11.4 Å². The minimum atomic E-state index is 0.168. The molecule has 2 nitrogen and oxygen atoms in total. The summed E-state index contributed by atoms with van der Waals surface area (Å²) in [5, 5.41) is 0.633. The molecule has 4 heteroatoms. The summed E-state index contributed by atoms with van der Waals surface area (Å²) in [6.45, 7) is 0.773. The summed E-state index contributed by atoms with van der Waals surface area (Å²) >= 11 is 9.47. The highest BCUT2D eigenvalue weighted by Gasteiger charge is 2.21. The Hall–Kier alpha value is -0.540. The number of hydrogen-bond acceptors (Lipinski definition) is 1. The first-order chi connectivity index (χ1) is 7.18. The zero-order chi connectivity index (χ0) is 10.8. The van der Waals surface area contributed by atoms with Crippen molar-refractivity contribution in [2.24, 2.45) is 0 Å². The van der Waals surface area contributed by atoms with Gasteiger partial charge < -0.3 is 4.90 Å². The van der Waals surface area contributed by atoms with Gasteiger partial charge in [-0.1, -0.05) is 27.5 Å². The SMILES string of the molecule is O=C1CCCCN1c1cc(Br)ccc1Cl. The number of carbonyl (C=O) groups is 1. The molecule has 0 aromatic heterocycles. The van der Waals surface area contributed by atoms with Crippen molar-refractivity contribution in [3.8, 4) is 0 Å². The second kappa shape index (κ2) is 4.54. The molecule has 0 spiro atoms. The Kier molecular flexibility index (Phi) is 3.32. The average Bonchev–Trinajstić information content (AvgIpc) is 2.23. The predicted octanol–water partition coefficient (Wildman–Crippen LogP) is 3.62. The Morgan fingerprint density at radius 1 is 1.33 bits per heavy atom. The second-order valence-electron chi connectivity index (χ2n) is 3.60. The van der Waals surface area contributed by atoms with E-state index in [2.05, 4.69) is 15.9 Å². The molecule has 1 aromatic carbocycles. The second-order valence-corrected chi connectivity index (χ2v) is 4.92. The van der Waals surface area contributed by atoms with E-state index in [1.807, 2.05) is 18.2 Å². The van der Waals surface area contributed by atoms with Crippen LogP contribution in [0.15, 0.2) is 22.7 Å². The topological polar surface area (TPSA) is 20.3 Å². The monoisotopic (exact) mass is 287 g/mol. The van der Waals surface area contributed by atoms with Crippen LogP contribution in [0.4, 0.5) is 5.69 Å². The Morgan fingerprint density at radius 2 is 2.13 bits per heavy atom. The zero-order valence-electron chi connectivity index (χ0n) is 8.17. The third-order valence-electron chi connectivity index (χ3n) is 2.52. The summed E-state index contributed by atoms with van der Waals surface area (Å²) in [5.41, 5.74) is 0.816. The number of amides is 1. The number of benzene rings is 1. The summed E-state index contributed by atoms with van der Waals surface area (Å²) in [7, 11) is 0. The predicted molar refractivity (Wildman–Crippen MR) is 65.4 cm³/mol. The molecule has 0 atom stereocenters. The highest BCUT2D eigenvalue weighted by molar-refractivity contribution is 9.10. The Labute approximate surface area is 102 Å². The van der Waals surface area contributed by atoms with E-state index in [4.69, 9.17) is 11.6 Å². The lowest BCUT2D eigenvalue weighted by molar-refractivity contribution is -0.119. The minimum absolute atomic E-state index is 0.168. The van der Waals surface area contributed by atoms with Gasteiger partial charge in [0.15, 0.2) is 0 Å². The highest BCUT2D eigenvalue weighted by Crippen LogP contribution is 2.31. The van der Waals surface area contributed by atoms with Crippen LogP contribution < -0.4 is 4.90 Å². The third kappa shape index (κ3) is 2.34. The lowest BCUT2D eigenvalue weighted by Crippen LogP contribution is -2.35. The van der Waals surface area contributed by atoms with E-state index in [-0.39, 0.29) is 5.91 Å². The fourth-order valence-electron chi connectivity index (χ4n) is 1.75. The van der Waals surface area contributed by atoms with Crippen molar-refractivity contribution in [2.45, 2.75) is 19.3 Å². The molecule has 1 saturated heterocycles. The molecule has 1 aliphatic rings. The smallest absolute Gasteiger partial charge is 0.227 e. The number of anilines is 1. The van der Waals surface area contributed by atoms with Crippen LogP contribution in [0.3, 0.4) is 0 Å². The molecule has 0 bridgehead atoms. The van der Waals surface area contributed by atoms with Gasteiger partial charge in [0, 0.05) is 17.4 Å². The molecule has 1 heterocycles. The number of hydrogen-bond donors (Lipinski definition) is 0. The van der Waals surface area contributed by atoms with Crippen molar-refractivity contribution < 1.29 is 4.79 Å². The molecule has 0 N–H and O–H groups in total. The number of nitrogens with zero attached hydrogens (tertiary/aromatic N) is 1. The Bertz CT molecular complexity index is 394. The minimum Gasteiger partial charge on any atom is -0.311 e. The first-order valence-corrected chi connectivity index (χ1v) is 6.11. The van der Waals surface area contributed by atoms with Crippen molar-refractivity contribution in [3.63, 3.8) is 0 Å². The fraction of sp³-hybridized carbons (Fsp3) is 0.364. The van der Waals surface area contributed by atoms with Crippen LogP contribution in [0, 0.1) is 0 Å². The summed E-state index contributed by atoms with van der Waals surface area (Å²) in [6, 6.07) is 5.58. The maximum Gasteiger partial charge on any atom is 0.227 e. The van der Waals surface area contributed by atoms with E-state index in [1.54, 1.807) is 4.90 Å². The van der Waals surface area contributed by atoms with Gasteiger partial charge in [-0.05, 0) is 31.0 Å². The summed E-state index contributed by atoms with van der Waals surface area (Å²) in [6.07, 6.45) is 2.67. The fourth-order valence-corrected chi connectivity index (χ4v) is 2.32. The number of carbonyl (C=O) groups excluding carboxylic acids is 1. The van der Waals surface area contributed by atoms with Crippen molar-refractivity contribution in [1.29, 1.82) is 0 Å². The van der Waals surface area contributed by atoms with Gasteiger partial charge in [-0.3, -0.25) is 4.79 Å². The normalized spacial score (nSPS) is 16.9. The third-order valence-corrected chi connectivity index (χ3v) is 3.34. The molecular weight excluding hydrogens is 277 g/mol. The lowest BCUT2D eigenvalue weighted by Gasteiger charge is -2.27. The first kappa shape index (κ1) is 11.0. The van der Waals surface area contributed by atoms with E-state index >= 15 is 0 Å². The molecule has 2 rings (SSSR count). The molecule has 0 unspecified atom stereocenters. The molecule has 1 amide bonds. The number of rotatable bonds is 1. The van der Waals surface area contributed by atoms with Gasteiger partial charge in [-0.15, -0.1) is 0 Å². The maximum absolute atomic E-state index is 11.7. The van der Waals surface area contributed by atoms with Gasteiger partial charge in [0.05, 0.1) is 10.7 Å². The number of halogens is 2. The van der Waals surface area contributed by atoms with Gasteiger partial charge in [0.2, 0.25) is 5.91 Å². The van der Waals surface area contributed by atoms with Crippen LogP contribution in [-0.4, -0.2) is 12.5 Å². The molecule has 0 saturated carbocycles. The molecule has 1 fully saturated rings. The number of piperidine rings is 1. The maximum atomic E-state index is 11.7. The molecule has 1 aromatic rings. The van der Waals surface area contributed by atoms with E-state index in [0.29, 0.717) is 11.4 Å². The molecular formula is C11H11BrClNO. The molecule has 0 radical (unpaired) electrons. The van der Waals surface area contributed by atoms with Gasteiger partial charge in [0.1, 0.15) is 0 Å². The lowest BCUT2D eigenvalue weighted by atomic mass is 10.1. The molecule has 1 aliphatic heterocycles. The van der Waals surface area contributed by atoms with Crippen LogP contribution in [0.2, 0.25) is 5.02 Å². The van der Waals surface area contributed by atoms with Crippen LogP contribution >= 0.6 is 27.5 Å². The van der Waals surface area contributed by atoms with Crippen molar-refractivity contribution in [1.82, 2.24) is 0 Å². The summed E-state index contributed by atoms with van der Waals surface area (Å²) < 4.78 is 0.945.